The lowest BCUT2D eigenvalue weighted by Gasteiger charge is -2.29. The molecule has 2 unspecified atom stereocenters. The molecular weight excluding hydrogens is 497 g/mol. The van der Waals surface area contributed by atoms with Crippen LogP contribution in [0.4, 0.5) is 0 Å². The molecule has 37 heavy (non-hydrogen) atoms. The van der Waals surface area contributed by atoms with E-state index in [0.717, 1.165) is 5.56 Å². The molecule has 0 bridgehead atoms. The third-order valence-corrected chi connectivity index (χ3v) is 7.45. The number of nitrogens with one attached hydrogen (secondary N) is 1. The second kappa shape index (κ2) is 12.2. The highest BCUT2D eigenvalue weighted by molar-refractivity contribution is 7.36. The molecule has 2 heterocycles. The zero-order chi connectivity index (χ0) is 26.4. The van der Waals surface area contributed by atoms with Crippen molar-refractivity contribution in [3.8, 4) is 0 Å². The number of carboxylic acid groups (broad SMARTS) is 1. The number of rotatable bonds is 12. The van der Waals surface area contributed by atoms with Crippen LogP contribution in [0, 0.1) is 0 Å². The average molecular weight is 527 g/mol. The lowest BCUT2D eigenvalue weighted by molar-refractivity contribution is -0.146. The van der Waals surface area contributed by atoms with Crippen molar-refractivity contribution in [1.82, 2.24) is 14.9 Å². The molecule has 2 aromatic rings. The molecule has 2 aromatic carbocycles. The predicted molar refractivity (Wildman–Crippen MR) is 134 cm³/mol. The smallest absolute Gasteiger partial charge is 0.480 e. The van der Waals surface area contributed by atoms with Crippen molar-refractivity contribution in [2.45, 2.75) is 44.2 Å². The number of imide groups is 1. The van der Waals surface area contributed by atoms with E-state index >= 15 is 0 Å². The number of nitrogens with zero attached hydrogens (tertiary/aromatic N) is 2. The minimum Gasteiger partial charge on any atom is -0.480 e. The first-order valence-corrected chi connectivity index (χ1v) is 13.4. The summed E-state index contributed by atoms with van der Waals surface area (Å²) in [5.74, 6) is -2.15. The summed E-state index contributed by atoms with van der Waals surface area (Å²) in [6.45, 7) is 0.0489. The molecule has 3 atom stereocenters. The number of hydrogen-bond donors (Lipinski definition) is 2. The van der Waals surface area contributed by atoms with Gasteiger partial charge in [0.2, 0.25) is 5.91 Å². The number of carbonyl (C=O) groups excluding carboxylic acids is 3. The molecule has 2 aliphatic rings. The van der Waals surface area contributed by atoms with Crippen LogP contribution in [-0.2, 0) is 25.1 Å². The maximum atomic E-state index is 13.1. The number of likely N-dealkylation sites (tertiary alicyclic amines) is 1. The third-order valence-electron chi connectivity index (χ3n) is 6.51. The zero-order valence-corrected chi connectivity index (χ0v) is 21.1. The molecule has 194 valence electrons. The van der Waals surface area contributed by atoms with Gasteiger partial charge in [0, 0.05) is 12.6 Å². The van der Waals surface area contributed by atoms with Gasteiger partial charge in [-0.25, -0.2) is 0 Å². The van der Waals surface area contributed by atoms with Crippen LogP contribution in [0.1, 0.15) is 52.0 Å². The first-order valence-electron chi connectivity index (χ1n) is 12.2. The molecule has 0 aromatic heterocycles. The molecular formula is C26H29N3O7P+. The van der Waals surface area contributed by atoms with Crippen LogP contribution in [0.2, 0.25) is 0 Å². The summed E-state index contributed by atoms with van der Waals surface area (Å²) in [6, 6.07) is 15.2. The van der Waals surface area contributed by atoms with Gasteiger partial charge in [0.05, 0.1) is 11.1 Å². The highest BCUT2D eigenvalue weighted by Gasteiger charge is 2.40. The van der Waals surface area contributed by atoms with Gasteiger partial charge in [-0.05, 0) is 54.4 Å². The lowest BCUT2D eigenvalue weighted by atomic mass is 10.0. The Kier molecular flexibility index (Phi) is 8.76. The van der Waals surface area contributed by atoms with E-state index in [-0.39, 0.29) is 18.4 Å². The Hall–Kier alpha value is -3.46. The van der Waals surface area contributed by atoms with Gasteiger partial charge in [0.1, 0.15) is 19.2 Å². The number of amides is 3. The summed E-state index contributed by atoms with van der Waals surface area (Å²) < 4.78 is 17.9. The van der Waals surface area contributed by atoms with E-state index < -0.39 is 38.7 Å². The van der Waals surface area contributed by atoms with Crippen molar-refractivity contribution >= 4 is 31.9 Å². The average Bonchev–Trinajstić information content (AvgIpc) is 3.14. The van der Waals surface area contributed by atoms with Crippen molar-refractivity contribution in [3.63, 3.8) is 0 Å². The molecule has 2 N–H and O–H groups in total. The summed E-state index contributed by atoms with van der Waals surface area (Å²) >= 11 is 0. The van der Waals surface area contributed by atoms with Crippen molar-refractivity contribution in [2.75, 3.05) is 19.7 Å². The minimum absolute atomic E-state index is 0.0937. The van der Waals surface area contributed by atoms with E-state index in [4.69, 9.17) is 9.63 Å². The number of aliphatic carboxylic acids is 1. The Bertz CT molecular complexity index is 1150. The van der Waals surface area contributed by atoms with Gasteiger partial charge in [-0.3, -0.25) is 24.1 Å². The third kappa shape index (κ3) is 6.46. The maximum Gasteiger partial charge on any atom is 0.613 e. The van der Waals surface area contributed by atoms with E-state index in [2.05, 4.69) is 5.09 Å². The maximum absolute atomic E-state index is 13.1. The van der Waals surface area contributed by atoms with Crippen LogP contribution >= 0.6 is 8.18 Å². The van der Waals surface area contributed by atoms with Crippen LogP contribution in [0.3, 0.4) is 0 Å². The molecule has 11 heteroatoms. The highest BCUT2D eigenvalue weighted by Crippen LogP contribution is 2.28. The van der Waals surface area contributed by atoms with Crippen LogP contribution < -0.4 is 5.09 Å². The number of fused-ring (bicyclic) bond motifs is 1. The number of piperidine rings is 1. The van der Waals surface area contributed by atoms with Crippen molar-refractivity contribution in [3.05, 3.63) is 71.3 Å². The summed E-state index contributed by atoms with van der Waals surface area (Å²) in [7, 11) is -2.36. The van der Waals surface area contributed by atoms with Crippen molar-refractivity contribution < 1.29 is 33.4 Å². The minimum atomic E-state index is -2.36. The van der Waals surface area contributed by atoms with E-state index in [0.29, 0.717) is 49.8 Å². The van der Waals surface area contributed by atoms with Gasteiger partial charge >= 0.3 is 14.1 Å². The first kappa shape index (κ1) is 26.6. The van der Waals surface area contributed by atoms with Crippen LogP contribution in [0.5, 0.6) is 0 Å². The molecule has 10 nitrogen and oxygen atoms in total. The van der Waals surface area contributed by atoms with Crippen LogP contribution in [0.15, 0.2) is 54.6 Å². The summed E-state index contributed by atoms with van der Waals surface area (Å²) in [5.41, 5.74) is 1.77. The fraction of sp³-hybridized carbons (Fsp3) is 0.385. The highest BCUT2D eigenvalue weighted by atomic mass is 31.1. The normalized spacial score (nSPS) is 18.6. The van der Waals surface area contributed by atoms with E-state index in [1.165, 1.54) is 9.80 Å². The molecule has 0 spiro atoms. The monoisotopic (exact) mass is 526 g/mol. The number of hydrogen-bond acceptors (Lipinski definition) is 6. The molecule has 0 aliphatic carbocycles. The van der Waals surface area contributed by atoms with E-state index in [9.17, 15) is 23.7 Å². The summed E-state index contributed by atoms with van der Waals surface area (Å²) in [6.07, 6.45) is 2.39. The van der Waals surface area contributed by atoms with Gasteiger partial charge in [0.15, 0.2) is 0 Å². The Morgan fingerprint density at radius 2 is 1.70 bits per heavy atom. The summed E-state index contributed by atoms with van der Waals surface area (Å²) in [4.78, 5) is 52.1. The van der Waals surface area contributed by atoms with Gasteiger partial charge in [-0.15, -0.1) is 4.52 Å². The Balaban J connectivity index is 1.33. The zero-order valence-electron chi connectivity index (χ0n) is 20.2. The largest absolute Gasteiger partial charge is 0.613 e. The molecule has 2 aliphatic heterocycles. The SMILES string of the molecule is O=C(O)CN1CCC[C@H](N[P+](=O)OCCCC(Cc2ccccc2)N2C(=O)c3ccccc3C2=O)C1=O. The predicted octanol–water partition coefficient (Wildman–Crippen LogP) is 3.01. The fourth-order valence-electron chi connectivity index (χ4n) is 4.76. The Morgan fingerprint density at radius 1 is 1.05 bits per heavy atom. The number of carbonyl (C=O) groups is 4. The van der Waals surface area contributed by atoms with Gasteiger partial charge < -0.3 is 10.0 Å². The standard InChI is InChI=1S/C26H28N3O7P/c30-23(31)17-28-14-6-13-22(26(28)34)27-37(35)36-15-7-10-19(16-18-8-2-1-3-9-18)29-24(32)20-11-4-5-12-21(20)25(29)33/h1-5,8-9,11-12,19,22H,6-7,10,13-17H2,(H-,27,30,31,35)/p+1/t19?,22-/m0/s1. The molecule has 0 saturated carbocycles. The Labute approximate surface area is 215 Å². The lowest BCUT2D eigenvalue weighted by Crippen LogP contribution is -2.50. The number of benzene rings is 2. The van der Waals surface area contributed by atoms with E-state index in [1.807, 2.05) is 30.3 Å². The molecule has 1 saturated heterocycles. The second-order valence-electron chi connectivity index (χ2n) is 9.08. The molecule has 0 radical (unpaired) electrons. The molecule has 1 fully saturated rings. The molecule has 3 amide bonds. The topological polar surface area (TPSA) is 133 Å². The Morgan fingerprint density at radius 3 is 2.35 bits per heavy atom. The van der Waals surface area contributed by atoms with Gasteiger partial charge in [-0.1, -0.05) is 47.6 Å². The van der Waals surface area contributed by atoms with Crippen molar-refractivity contribution in [1.29, 1.82) is 0 Å². The number of carboxylic acids is 1. The van der Waals surface area contributed by atoms with Gasteiger partial charge in [0.25, 0.3) is 11.8 Å². The summed E-state index contributed by atoms with van der Waals surface area (Å²) in [5, 5.41) is 11.6. The van der Waals surface area contributed by atoms with E-state index in [1.54, 1.807) is 24.3 Å². The fourth-order valence-corrected chi connectivity index (χ4v) is 5.62. The van der Waals surface area contributed by atoms with Gasteiger partial charge in [-0.2, -0.15) is 0 Å². The quantitative estimate of drug-likeness (QED) is 0.245. The van der Waals surface area contributed by atoms with Crippen LogP contribution in [-0.4, -0.2) is 70.4 Å². The van der Waals surface area contributed by atoms with Crippen molar-refractivity contribution in [2.24, 2.45) is 0 Å². The first-order chi connectivity index (χ1) is 17.8. The molecule has 4 rings (SSSR count). The second-order valence-corrected chi connectivity index (χ2v) is 10.1. The van der Waals surface area contributed by atoms with Crippen LogP contribution in [0.25, 0.3) is 0 Å².